The highest BCUT2D eigenvalue weighted by molar-refractivity contribution is 7.89. The van der Waals surface area contributed by atoms with Crippen LogP contribution in [0.25, 0.3) is 0 Å². The van der Waals surface area contributed by atoms with Gasteiger partial charge in [-0.1, -0.05) is 24.1 Å². The Bertz CT molecular complexity index is 928. The van der Waals surface area contributed by atoms with Crippen molar-refractivity contribution in [3.63, 3.8) is 0 Å². The minimum Gasteiger partial charge on any atom is -0.477 e. The molecule has 0 saturated carbocycles. The van der Waals surface area contributed by atoms with Crippen molar-refractivity contribution in [2.75, 3.05) is 19.7 Å². The van der Waals surface area contributed by atoms with Crippen molar-refractivity contribution < 1.29 is 17.9 Å². The molecule has 0 N–H and O–H groups in total. The lowest BCUT2D eigenvalue weighted by molar-refractivity contribution is -0.107. The fourth-order valence-corrected chi connectivity index (χ4v) is 4.99. The van der Waals surface area contributed by atoms with Gasteiger partial charge in [0.15, 0.2) is 0 Å². The van der Waals surface area contributed by atoms with Crippen LogP contribution in [0.15, 0.2) is 41.4 Å². The third-order valence-corrected chi connectivity index (χ3v) is 7.00. The fraction of sp³-hybridized carbons (Fsp3) is 0.400. The third kappa shape index (κ3) is 4.90. The van der Waals surface area contributed by atoms with Gasteiger partial charge in [-0.05, 0) is 42.7 Å². The molecule has 8 heteroatoms. The zero-order valence-electron chi connectivity index (χ0n) is 15.5. The Morgan fingerprint density at radius 2 is 1.93 bits per heavy atom. The van der Waals surface area contributed by atoms with Crippen LogP contribution < -0.4 is 4.74 Å². The van der Waals surface area contributed by atoms with E-state index in [1.165, 1.54) is 0 Å². The largest absolute Gasteiger partial charge is 0.477 e. The van der Waals surface area contributed by atoms with Gasteiger partial charge in [-0.2, -0.15) is 4.31 Å². The van der Waals surface area contributed by atoms with Gasteiger partial charge >= 0.3 is 0 Å². The number of halogens is 1. The molecule has 2 aromatic rings. The Morgan fingerprint density at radius 3 is 2.68 bits per heavy atom. The molecule has 6 nitrogen and oxygen atoms in total. The number of aldehydes is 1. The van der Waals surface area contributed by atoms with E-state index in [4.69, 9.17) is 16.3 Å². The second-order valence-electron chi connectivity index (χ2n) is 6.65. The van der Waals surface area contributed by atoms with E-state index >= 15 is 0 Å². The van der Waals surface area contributed by atoms with E-state index < -0.39 is 10.0 Å². The lowest BCUT2D eigenvalue weighted by Gasteiger charge is -2.26. The van der Waals surface area contributed by atoms with Crippen LogP contribution in [-0.4, -0.2) is 43.7 Å². The summed E-state index contributed by atoms with van der Waals surface area (Å²) < 4.78 is 33.0. The molecule has 0 amide bonds. The predicted molar refractivity (Wildman–Crippen MR) is 107 cm³/mol. The number of aromatic nitrogens is 1. The van der Waals surface area contributed by atoms with Crippen LogP contribution in [0.2, 0.25) is 5.02 Å². The quantitative estimate of drug-likeness (QED) is 0.610. The molecule has 0 unspecified atom stereocenters. The number of ether oxygens (including phenoxy) is 1. The van der Waals surface area contributed by atoms with Gasteiger partial charge in [0.25, 0.3) is 0 Å². The highest BCUT2D eigenvalue weighted by Crippen LogP contribution is 2.25. The monoisotopic (exact) mass is 422 g/mol. The second kappa shape index (κ2) is 9.49. The SMILES string of the molecule is O=CCc1cccnc1OCCc1cc(S(=O)(=O)N2CCCCC2)ccc1Cl. The van der Waals surface area contributed by atoms with Gasteiger partial charge in [-0.15, -0.1) is 0 Å². The summed E-state index contributed by atoms with van der Waals surface area (Å²) in [6, 6.07) is 8.33. The first kappa shape index (κ1) is 20.8. The van der Waals surface area contributed by atoms with Gasteiger partial charge in [-0.3, -0.25) is 0 Å². The summed E-state index contributed by atoms with van der Waals surface area (Å²) in [6.45, 7) is 1.39. The van der Waals surface area contributed by atoms with Gasteiger partial charge in [0.2, 0.25) is 15.9 Å². The number of nitrogens with zero attached hydrogens (tertiary/aromatic N) is 2. The number of rotatable bonds is 8. The molecule has 1 aliphatic rings. The average molecular weight is 423 g/mol. The Labute approximate surface area is 170 Å². The summed E-state index contributed by atoms with van der Waals surface area (Å²) in [5.41, 5.74) is 1.41. The molecule has 2 heterocycles. The molecule has 1 saturated heterocycles. The first-order chi connectivity index (χ1) is 13.5. The molecular weight excluding hydrogens is 400 g/mol. The molecule has 1 aromatic carbocycles. The summed E-state index contributed by atoms with van der Waals surface area (Å²) in [6.07, 6.45) is 5.90. The fourth-order valence-electron chi connectivity index (χ4n) is 3.21. The zero-order valence-corrected chi connectivity index (χ0v) is 17.1. The first-order valence-electron chi connectivity index (χ1n) is 9.31. The van der Waals surface area contributed by atoms with E-state index in [0.29, 0.717) is 41.5 Å². The van der Waals surface area contributed by atoms with E-state index in [2.05, 4.69) is 4.98 Å². The van der Waals surface area contributed by atoms with Gasteiger partial charge in [-0.25, -0.2) is 13.4 Å². The molecule has 0 spiro atoms. The van der Waals surface area contributed by atoms with Gasteiger partial charge in [0, 0.05) is 42.7 Å². The molecule has 0 radical (unpaired) electrons. The molecule has 1 fully saturated rings. The van der Waals surface area contributed by atoms with Crippen molar-refractivity contribution in [2.24, 2.45) is 0 Å². The van der Waals surface area contributed by atoms with Gasteiger partial charge in [0.05, 0.1) is 11.5 Å². The highest BCUT2D eigenvalue weighted by atomic mass is 35.5. The predicted octanol–water partition coefficient (Wildman–Crippen LogP) is 3.27. The van der Waals surface area contributed by atoms with Crippen LogP contribution in [0.5, 0.6) is 5.88 Å². The lowest BCUT2D eigenvalue weighted by Crippen LogP contribution is -2.35. The Kier molecular flexibility index (Phi) is 7.04. The summed E-state index contributed by atoms with van der Waals surface area (Å²) >= 11 is 6.27. The maximum atomic E-state index is 12.9. The Balaban J connectivity index is 1.71. The van der Waals surface area contributed by atoms with E-state index in [1.54, 1.807) is 40.8 Å². The van der Waals surface area contributed by atoms with Crippen LogP contribution in [0.1, 0.15) is 30.4 Å². The lowest BCUT2D eigenvalue weighted by atomic mass is 10.1. The Morgan fingerprint density at radius 1 is 1.14 bits per heavy atom. The number of hydrogen-bond acceptors (Lipinski definition) is 5. The zero-order chi connectivity index (χ0) is 20.0. The molecule has 0 bridgehead atoms. The van der Waals surface area contributed by atoms with Crippen LogP contribution in [0.3, 0.4) is 0 Å². The molecule has 28 heavy (non-hydrogen) atoms. The van der Waals surface area contributed by atoms with Crippen molar-refractivity contribution >= 4 is 27.9 Å². The molecule has 150 valence electrons. The van der Waals surface area contributed by atoms with Crippen molar-refractivity contribution in [1.29, 1.82) is 0 Å². The van der Waals surface area contributed by atoms with Gasteiger partial charge in [0.1, 0.15) is 6.29 Å². The normalized spacial score (nSPS) is 15.3. The second-order valence-corrected chi connectivity index (χ2v) is 9.00. The first-order valence-corrected chi connectivity index (χ1v) is 11.1. The molecular formula is C20H23ClN2O4S. The number of piperidine rings is 1. The number of pyridine rings is 1. The van der Waals surface area contributed by atoms with Crippen molar-refractivity contribution in [3.8, 4) is 5.88 Å². The summed E-state index contributed by atoms with van der Waals surface area (Å²) in [4.78, 5) is 15.2. The van der Waals surface area contributed by atoms with E-state index in [-0.39, 0.29) is 17.9 Å². The average Bonchev–Trinajstić information content (AvgIpc) is 2.71. The molecule has 1 aliphatic heterocycles. The number of benzene rings is 1. The third-order valence-electron chi connectivity index (χ3n) is 4.73. The molecule has 1 aromatic heterocycles. The summed E-state index contributed by atoms with van der Waals surface area (Å²) in [5, 5.41) is 0.496. The van der Waals surface area contributed by atoms with Crippen molar-refractivity contribution in [1.82, 2.24) is 9.29 Å². The van der Waals surface area contributed by atoms with Crippen molar-refractivity contribution in [2.45, 2.75) is 37.0 Å². The van der Waals surface area contributed by atoms with Gasteiger partial charge < -0.3 is 9.53 Å². The van der Waals surface area contributed by atoms with E-state index in [9.17, 15) is 13.2 Å². The number of sulfonamides is 1. The minimum absolute atomic E-state index is 0.230. The standard InChI is InChI=1S/C20H23ClN2O4S/c21-19-7-6-18(28(25,26)23-11-2-1-3-12-23)15-17(19)9-14-27-20-16(8-13-24)5-4-10-22-20/h4-7,10,13,15H,1-3,8-9,11-12,14H2. The maximum Gasteiger partial charge on any atom is 0.243 e. The molecule has 0 aliphatic carbocycles. The summed E-state index contributed by atoms with van der Waals surface area (Å²) in [7, 11) is -3.51. The van der Waals surface area contributed by atoms with Crippen LogP contribution in [0, 0.1) is 0 Å². The van der Waals surface area contributed by atoms with Crippen molar-refractivity contribution in [3.05, 3.63) is 52.7 Å². The smallest absolute Gasteiger partial charge is 0.243 e. The molecule has 3 rings (SSSR count). The number of carbonyl (C=O) groups excluding carboxylic acids is 1. The highest BCUT2D eigenvalue weighted by Gasteiger charge is 2.26. The Hall–Kier alpha value is -1.96. The topological polar surface area (TPSA) is 76.6 Å². The van der Waals surface area contributed by atoms with Crippen LogP contribution in [0.4, 0.5) is 0 Å². The van der Waals surface area contributed by atoms with E-state index in [1.807, 2.05) is 0 Å². The molecule has 0 atom stereocenters. The summed E-state index contributed by atoms with van der Waals surface area (Å²) in [5.74, 6) is 0.405. The number of hydrogen-bond donors (Lipinski definition) is 0. The van der Waals surface area contributed by atoms with E-state index in [0.717, 1.165) is 25.5 Å². The maximum absolute atomic E-state index is 12.9. The van der Waals surface area contributed by atoms with Crippen LogP contribution >= 0.6 is 11.6 Å². The van der Waals surface area contributed by atoms with Crippen LogP contribution in [-0.2, 0) is 27.7 Å². The minimum atomic E-state index is -3.51. The number of carbonyl (C=O) groups is 1.